The van der Waals surface area contributed by atoms with Crippen molar-refractivity contribution in [3.63, 3.8) is 0 Å². The normalized spacial score (nSPS) is 10.5. The summed E-state index contributed by atoms with van der Waals surface area (Å²) in [4.78, 5) is 15.8. The van der Waals surface area contributed by atoms with E-state index in [1.165, 1.54) is 0 Å². The van der Waals surface area contributed by atoms with Crippen LogP contribution in [0.4, 0.5) is 0 Å². The van der Waals surface area contributed by atoms with Crippen LogP contribution in [-0.2, 0) is 14.2 Å². The van der Waals surface area contributed by atoms with Gasteiger partial charge in [-0.1, -0.05) is 0 Å². The smallest absolute Gasteiger partial charge is 0.252 e. The lowest BCUT2D eigenvalue weighted by atomic mass is 10.2. The van der Waals surface area contributed by atoms with Crippen LogP contribution in [0.3, 0.4) is 0 Å². The summed E-state index contributed by atoms with van der Waals surface area (Å²) in [6, 6.07) is 3.56. The van der Waals surface area contributed by atoms with Crippen molar-refractivity contribution < 1.29 is 19.0 Å². The summed E-state index contributed by atoms with van der Waals surface area (Å²) >= 11 is 0. The SMILES string of the molecule is COCCOCCOCCNC(=O)c1ccc(C)nc1. The van der Waals surface area contributed by atoms with Crippen LogP contribution < -0.4 is 5.32 Å². The molecule has 1 amide bonds. The average Bonchev–Trinajstić information content (AvgIpc) is 2.46. The third-order valence-corrected chi connectivity index (χ3v) is 2.51. The van der Waals surface area contributed by atoms with E-state index in [9.17, 15) is 4.79 Å². The minimum atomic E-state index is -0.141. The molecular formula is C14H22N2O4. The van der Waals surface area contributed by atoms with E-state index in [2.05, 4.69) is 10.3 Å². The zero-order valence-electron chi connectivity index (χ0n) is 12.1. The average molecular weight is 282 g/mol. The van der Waals surface area contributed by atoms with Crippen LogP contribution in [-0.4, -0.2) is 57.6 Å². The van der Waals surface area contributed by atoms with Crippen molar-refractivity contribution >= 4 is 5.91 Å². The van der Waals surface area contributed by atoms with Crippen LogP contribution in [0, 0.1) is 6.92 Å². The van der Waals surface area contributed by atoms with Gasteiger partial charge in [0.05, 0.1) is 38.6 Å². The number of ether oxygens (including phenoxy) is 3. The summed E-state index contributed by atoms with van der Waals surface area (Å²) in [7, 11) is 1.63. The minimum Gasteiger partial charge on any atom is -0.382 e. The van der Waals surface area contributed by atoms with Crippen molar-refractivity contribution in [3.05, 3.63) is 29.6 Å². The number of amides is 1. The molecule has 0 spiro atoms. The van der Waals surface area contributed by atoms with Gasteiger partial charge in [-0.05, 0) is 19.1 Å². The van der Waals surface area contributed by atoms with Gasteiger partial charge in [0.2, 0.25) is 0 Å². The van der Waals surface area contributed by atoms with Gasteiger partial charge in [-0.3, -0.25) is 9.78 Å². The van der Waals surface area contributed by atoms with Crippen LogP contribution >= 0.6 is 0 Å². The van der Waals surface area contributed by atoms with Crippen molar-refractivity contribution in [2.75, 3.05) is 46.7 Å². The van der Waals surface area contributed by atoms with Crippen LogP contribution in [0.5, 0.6) is 0 Å². The number of pyridine rings is 1. The molecular weight excluding hydrogens is 260 g/mol. The highest BCUT2D eigenvalue weighted by Crippen LogP contribution is 1.98. The Morgan fingerprint density at radius 3 is 2.50 bits per heavy atom. The first kappa shape index (κ1) is 16.6. The molecule has 0 aliphatic rings. The van der Waals surface area contributed by atoms with Gasteiger partial charge in [-0.2, -0.15) is 0 Å². The second kappa shape index (κ2) is 10.3. The summed E-state index contributed by atoms with van der Waals surface area (Å²) in [5.41, 5.74) is 1.44. The van der Waals surface area contributed by atoms with Crippen molar-refractivity contribution in [2.45, 2.75) is 6.92 Å². The van der Waals surface area contributed by atoms with Gasteiger partial charge in [-0.15, -0.1) is 0 Å². The lowest BCUT2D eigenvalue weighted by molar-refractivity contribution is 0.0255. The molecule has 112 valence electrons. The molecule has 0 saturated heterocycles. The zero-order valence-corrected chi connectivity index (χ0v) is 12.1. The molecule has 1 heterocycles. The molecule has 1 N–H and O–H groups in total. The van der Waals surface area contributed by atoms with Gasteiger partial charge >= 0.3 is 0 Å². The second-order valence-corrected chi connectivity index (χ2v) is 4.16. The fourth-order valence-electron chi connectivity index (χ4n) is 1.41. The van der Waals surface area contributed by atoms with Gasteiger partial charge in [0, 0.05) is 25.5 Å². The largest absolute Gasteiger partial charge is 0.382 e. The molecule has 0 fully saturated rings. The molecule has 0 radical (unpaired) electrons. The maximum atomic E-state index is 11.7. The fourth-order valence-corrected chi connectivity index (χ4v) is 1.41. The van der Waals surface area contributed by atoms with E-state index in [-0.39, 0.29) is 5.91 Å². The number of hydrogen-bond donors (Lipinski definition) is 1. The molecule has 1 aromatic heterocycles. The fraction of sp³-hybridized carbons (Fsp3) is 0.571. The number of nitrogens with one attached hydrogen (secondary N) is 1. The third kappa shape index (κ3) is 7.18. The predicted octanol–water partition coefficient (Wildman–Crippen LogP) is 0.799. The van der Waals surface area contributed by atoms with Gasteiger partial charge in [0.1, 0.15) is 0 Å². The van der Waals surface area contributed by atoms with E-state index in [0.29, 0.717) is 45.1 Å². The Hall–Kier alpha value is -1.50. The number of carbonyl (C=O) groups excluding carboxylic acids is 1. The number of carbonyl (C=O) groups is 1. The van der Waals surface area contributed by atoms with E-state index in [0.717, 1.165) is 5.69 Å². The molecule has 1 aromatic rings. The summed E-state index contributed by atoms with van der Waals surface area (Å²) < 4.78 is 15.4. The first-order valence-electron chi connectivity index (χ1n) is 6.59. The van der Waals surface area contributed by atoms with Gasteiger partial charge in [-0.25, -0.2) is 0 Å². The van der Waals surface area contributed by atoms with Crippen molar-refractivity contribution in [3.8, 4) is 0 Å². The molecule has 6 nitrogen and oxygen atoms in total. The monoisotopic (exact) mass is 282 g/mol. The summed E-state index contributed by atoms with van der Waals surface area (Å²) in [6.07, 6.45) is 1.56. The standard InChI is InChI=1S/C14H22N2O4/c1-12-3-4-13(11-16-12)14(17)15-5-6-19-9-10-20-8-7-18-2/h3-4,11H,5-10H2,1-2H3,(H,15,17). The van der Waals surface area contributed by atoms with Crippen molar-refractivity contribution in [1.29, 1.82) is 0 Å². The molecule has 20 heavy (non-hydrogen) atoms. The quantitative estimate of drug-likeness (QED) is 0.643. The maximum Gasteiger partial charge on any atom is 0.252 e. The van der Waals surface area contributed by atoms with Crippen LogP contribution in [0.25, 0.3) is 0 Å². The van der Waals surface area contributed by atoms with Crippen molar-refractivity contribution in [2.24, 2.45) is 0 Å². The summed E-state index contributed by atoms with van der Waals surface area (Å²) in [6.45, 7) is 4.98. The minimum absolute atomic E-state index is 0.141. The number of aryl methyl sites for hydroxylation is 1. The highest BCUT2D eigenvalue weighted by molar-refractivity contribution is 5.93. The third-order valence-electron chi connectivity index (χ3n) is 2.51. The molecule has 0 aliphatic heterocycles. The molecule has 0 unspecified atom stereocenters. The summed E-state index contributed by atoms with van der Waals surface area (Å²) in [5, 5.41) is 2.76. The Balaban J connectivity index is 2.01. The van der Waals surface area contributed by atoms with E-state index >= 15 is 0 Å². The Morgan fingerprint density at radius 1 is 1.15 bits per heavy atom. The van der Waals surface area contributed by atoms with E-state index in [1.54, 1.807) is 19.4 Å². The van der Waals surface area contributed by atoms with E-state index in [4.69, 9.17) is 14.2 Å². The number of nitrogens with zero attached hydrogens (tertiary/aromatic N) is 1. The van der Waals surface area contributed by atoms with Crippen molar-refractivity contribution in [1.82, 2.24) is 10.3 Å². The molecule has 0 aliphatic carbocycles. The molecule has 1 rings (SSSR count). The second-order valence-electron chi connectivity index (χ2n) is 4.16. The molecule has 0 aromatic carbocycles. The zero-order chi connectivity index (χ0) is 14.6. The number of rotatable bonds is 10. The van der Waals surface area contributed by atoms with Gasteiger partial charge in [0.15, 0.2) is 0 Å². The number of hydrogen-bond acceptors (Lipinski definition) is 5. The lowest BCUT2D eigenvalue weighted by Crippen LogP contribution is -2.27. The van der Waals surface area contributed by atoms with E-state index < -0.39 is 0 Å². The van der Waals surface area contributed by atoms with Crippen LogP contribution in [0.2, 0.25) is 0 Å². The van der Waals surface area contributed by atoms with Gasteiger partial charge in [0.25, 0.3) is 5.91 Å². The number of methoxy groups -OCH3 is 1. The van der Waals surface area contributed by atoms with Gasteiger partial charge < -0.3 is 19.5 Å². The first-order valence-corrected chi connectivity index (χ1v) is 6.59. The Morgan fingerprint density at radius 2 is 1.85 bits per heavy atom. The predicted molar refractivity (Wildman–Crippen MR) is 74.8 cm³/mol. The Bertz CT molecular complexity index is 381. The van der Waals surface area contributed by atoms with Crippen LogP contribution in [0.15, 0.2) is 18.3 Å². The lowest BCUT2D eigenvalue weighted by Gasteiger charge is -2.07. The number of aromatic nitrogens is 1. The Labute approximate surface area is 119 Å². The van der Waals surface area contributed by atoms with E-state index in [1.807, 2.05) is 13.0 Å². The Kier molecular flexibility index (Phi) is 8.53. The topological polar surface area (TPSA) is 69.7 Å². The molecule has 6 heteroatoms. The highest BCUT2D eigenvalue weighted by atomic mass is 16.5. The molecule has 0 bridgehead atoms. The highest BCUT2D eigenvalue weighted by Gasteiger charge is 2.04. The molecule has 0 atom stereocenters. The molecule has 0 saturated carbocycles. The summed E-state index contributed by atoms with van der Waals surface area (Å²) in [5.74, 6) is -0.141. The first-order chi connectivity index (χ1) is 9.74. The maximum absolute atomic E-state index is 11.7. The van der Waals surface area contributed by atoms with Crippen LogP contribution in [0.1, 0.15) is 16.1 Å².